The third-order valence-corrected chi connectivity index (χ3v) is 10.9. The fourth-order valence-corrected chi connectivity index (χ4v) is 8.73. The Labute approximate surface area is 289 Å². The number of hydrogen-bond donors (Lipinski definition) is 0. The van der Waals surface area contributed by atoms with Gasteiger partial charge in [0.15, 0.2) is 0 Å². The summed E-state index contributed by atoms with van der Waals surface area (Å²) >= 11 is 0. The summed E-state index contributed by atoms with van der Waals surface area (Å²) in [4.78, 5) is 0. The van der Waals surface area contributed by atoms with E-state index in [1.807, 2.05) is 0 Å². The Morgan fingerprint density at radius 1 is 0.400 bits per heavy atom. The lowest BCUT2D eigenvalue weighted by molar-refractivity contribution is 1.02. The minimum atomic E-state index is 1.08. The molecule has 0 amide bonds. The van der Waals surface area contributed by atoms with Crippen molar-refractivity contribution in [3.63, 3.8) is 0 Å². The monoisotopic (exact) mass is 636 g/mol. The van der Waals surface area contributed by atoms with Gasteiger partial charge in [0.05, 0.1) is 27.8 Å². The highest BCUT2D eigenvalue weighted by atomic mass is 15.0. The smallest absolute Gasteiger partial charge is 0.0548 e. The molecule has 0 spiro atoms. The molecular formula is C48H32N2. The molecule has 0 saturated carbocycles. The van der Waals surface area contributed by atoms with Gasteiger partial charge in [-0.05, 0) is 93.4 Å². The van der Waals surface area contributed by atoms with E-state index in [0.29, 0.717) is 0 Å². The Bertz CT molecular complexity index is 3000. The number of nitrogens with zero attached hydrogens (tertiary/aromatic N) is 2. The van der Waals surface area contributed by atoms with Gasteiger partial charge in [-0.15, -0.1) is 0 Å². The van der Waals surface area contributed by atoms with E-state index in [4.69, 9.17) is 0 Å². The van der Waals surface area contributed by atoms with Crippen LogP contribution in [0.5, 0.6) is 0 Å². The summed E-state index contributed by atoms with van der Waals surface area (Å²) in [6.45, 7) is 0. The summed E-state index contributed by atoms with van der Waals surface area (Å²) in [5.74, 6) is 0. The van der Waals surface area contributed by atoms with Gasteiger partial charge >= 0.3 is 0 Å². The molecule has 10 aromatic rings. The average Bonchev–Trinajstić information content (AvgIpc) is 3.71. The van der Waals surface area contributed by atoms with Gasteiger partial charge in [-0.1, -0.05) is 127 Å². The van der Waals surface area contributed by atoms with Crippen molar-refractivity contribution >= 4 is 81.6 Å². The standard InChI is InChI=1S/C48H32N2/c1-2-14-34(15-3-1)49-42-22-9-8-18-40(42)41-30-33(26-27-44(41)49)35-19-10-21-39-38(35)20-11-23-43(39)50-45-28-24-31-12-4-6-16-36(31)47(45)48-37-17-7-5-13-32(37)25-29-46(48)50/h2,4-30H,1,3H2. The predicted octanol–water partition coefficient (Wildman–Crippen LogP) is 13.2. The van der Waals surface area contributed by atoms with Crippen LogP contribution in [-0.4, -0.2) is 9.13 Å². The van der Waals surface area contributed by atoms with Crippen LogP contribution in [0, 0.1) is 0 Å². The number of fused-ring (bicyclic) bond motifs is 11. The molecule has 0 bridgehead atoms. The first-order valence-corrected chi connectivity index (χ1v) is 17.6. The van der Waals surface area contributed by atoms with Gasteiger partial charge in [-0.25, -0.2) is 0 Å². The topological polar surface area (TPSA) is 9.86 Å². The molecule has 1 aliphatic carbocycles. The lowest BCUT2D eigenvalue weighted by Gasteiger charge is -2.15. The summed E-state index contributed by atoms with van der Waals surface area (Å²) in [5.41, 5.74) is 9.90. The second-order valence-electron chi connectivity index (χ2n) is 13.6. The second-order valence-corrected chi connectivity index (χ2v) is 13.6. The van der Waals surface area contributed by atoms with Crippen molar-refractivity contribution < 1.29 is 0 Å². The fraction of sp³-hybridized carbons (Fsp3) is 0.0417. The molecular weight excluding hydrogens is 605 g/mol. The molecule has 2 nitrogen and oxygen atoms in total. The first kappa shape index (κ1) is 27.6. The molecule has 2 heteroatoms. The van der Waals surface area contributed by atoms with Crippen LogP contribution in [0.25, 0.3) is 98.4 Å². The quantitative estimate of drug-likeness (QED) is 0.183. The maximum absolute atomic E-state index is 2.50. The van der Waals surface area contributed by atoms with E-state index in [1.165, 1.54) is 98.4 Å². The van der Waals surface area contributed by atoms with Crippen LogP contribution in [-0.2, 0) is 0 Å². The molecule has 11 rings (SSSR count). The van der Waals surface area contributed by atoms with Crippen LogP contribution in [0.1, 0.15) is 12.8 Å². The van der Waals surface area contributed by atoms with Crippen LogP contribution < -0.4 is 0 Å². The normalized spacial score (nSPS) is 13.5. The molecule has 2 heterocycles. The van der Waals surface area contributed by atoms with Gasteiger partial charge in [0, 0.05) is 32.6 Å². The summed E-state index contributed by atoms with van der Waals surface area (Å²) < 4.78 is 4.93. The minimum absolute atomic E-state index is 1.08. The van der Waals surface area contributed by atoms with Crippen molar-refractivity contribution in [2.75, 3.05) is 0 Å². The molecule has 0 atom stereocenters. The van der Waals surface area contributed by atoms with Crippen LogP contribution in [0.2, 0.25) is 0 Å². The molecule has 50 heavy (non-hydrogen) atoms. The van der Waals surface area contributed by atoms with Gasteiger partial charge < -0.3 is 9.13 Å². The fourth-order valence-electron chi connectivity index (χ4n) is 8.73. The highest BCUT2D eigenvalue weighted by Crippen LogP contribution is 2.43. The molecule has 0 N–H and O–H groups in total. The van der Waals surface area contributed by atoms with Crippen LogP contribution in [0.4, 0.5) is 0 Å². The Morgan fingerprint density at radius 2 is 1.02 bits per heavy atom. The minimum Gasteiger partial charge on any atom is -0.310 e. The van der Waals surface area contributed by atoms with E-state index in [1.54, 1.807) is 0 Å². The van der Waals surface area contributed by atoms with E-state index >= 15 is 0 Å². The third-order valence-electron chi connectivity index (χ3n) is 10.9. The van der Waals surface area contributed by atoms with Crippen molar-refractivity contribution in [2.24, 2.45) is 0 Å². The molecule has 0 unspecified atom stereocenters. The zero-order valence-electron chi connectivity index (χ0n) is 27.5. The second kappa shape index (κ2) is 10.6. The zero-order chi connectivity index (χ0) is 32.8. The molecule has 8 aromatic carbocycles. The van der Waals surface area contributed by atoms with Crippen molar-refractivity contribution in [3.8, 4) is 16.8 Å². The summed E-state index contributed by atoms with van der Waals surface area (Å²) in [6.07, 6.45) is 9.12. The number of rotatable bonds is 3. The maximum Gasteiger partial charge on any atom is 0.0548 e. The van der Waals surface area contributed by atoms with Gasteiger partial charge in [0.1, 0.15) is 0 Å². The summed E-state index contributed by atoms with van der Waals surface area (Å²) in [5, 5.41) is 12.8. The third kappa shape index (κ3) is 3.85. The lowest BCUT2D eigenvalue weighted by Crippen LogP contribution is -1.97. The van der Waals surface area contributed by atoms with Crippen molar-refractivity contribution in [1.82, 2.24) is 9.13 Å². The number of allylic oxidation sites excluding steroid dienone is 4. The van der Waals surface area contributed by atoms with E-state index in [0.717, 1.165) is 12.8 Å². The molecule has 0 aliphatic heterocycles. The average molecular weight is 637 g/mol. The summed E-state index contributed by atoms with van der Waals surface area (Å²) in [7, 11) is 0. The Kier molecular flexibility index (Phi) is 5.82. The highest BCUT2D eigenvalue weighted by molar-refractivity contribution is 6.29. The largest absolute Gasteiger partial charge is 0.310 e. The van der Waals surface area contributed by atoms with Crippen molar-refractivity contribution in [2.45, 2.75) is 12.8 Å². The SMILES string of the molecule is C1=CC(n2c3ccccc3c3cc(-c4cccc5c(-n6c7ccc8ccccc8c7c7c8ccccc8ccc76)cccc45)ccc32)=CCC1. The Balaban J connectivity index is 1.18. The van der Waals surface area contributed by atoms with Gasteiger partial charge in [0.25, 0.3) is 0 Å². The van der Waals surface area contributed by atoms with E-state index in [2.05, 4.69) is 179 Å². The van der Waals surface area contributed by atoms with Crippen LogP contribution in [0.3, 0.4) is 0 Å². The van der Waals surface area contributed by atoms with Gasteiger partial charge in [-0.2, -0.15) is 0 Å². The van der Waals surface area contributed by atoms with Crippen molar-refractivity contribution in [3.05, 3.63) is 170 Å². The van der Waals surface area contributed by atoms with Crippen LogP contribution >= 0.6 is 0 Å². The molecule has 0 fully saturated rings. The maximum atomic E-state index is 2.50. The number of para-hydroxylation sites is 1. The zero-order valence-corrected chi connectivity index (χ0v) is 27.5. The van der Waals surface area contributed by atoms with Crippen molar-refractivity contribution in [1.29, 1.82) is 0 Å². The highest BCUT2D eigenvalue weighted by Gasteiger charge is 2.20. The van der Waals surface area contributed by atoms with E-state index in [9.17, 15) is 0 Å². The van der Waals surface area contributed by atoms with Crippen LogP contribution in [0.15, 0.2) is 170 Å². The predicted molar refractivity (Wildman–Crippen MR) is 214 cm³/mol. The number of aromatic nitrogens is 2. The Morgan fingerprint density at radius 3 is 1.76 bits per heavy atom. The lowest BCUT2D eigenvalue weighted by atomic mass is 9.96. The molecule has 1 aliphatic rings. The first-order chi connectivity index (χ1) is 24.8. The van der Waals surface area contributed by atoms with E-state index < -0.39 is 0 Å². The molecule has 0 saturated heterocycles. The molecule has 2 aromatic heterocycles. The number of benzene rings is 8. The molecule has 234 valence electrons. The molecule has 0 radical (unpaired) electrons. The first-order valence-electron chi connectivity index (χ1n) is 17.6. The Hall–Kier alpha value is -6.38. The number of hydrogen-bond acceptors (Lipinski definition) is 0. The van der Waals surface area contributed by atoms with Gasteiger partial charge in [0.2, 0.25) is 0 Å². The summed E-state index contributed by atoms with van der Waals surface area (Å²) in [6, 6.07) is 56.3. The van der Waals surface area contributed by atoms with E-state index in [-0.39, 0.29) is 0 Å². The van der Waals surface area contributed by atoms with Gasteiger partial charge in [-0.3, -0.25) is 0 Å².